The van der Waals surface area contributed by atoms with Crippen LogP contribution in [0.25, 0.3) is 11.1 Å². The second kappa shape index (κ2) is 11.7. The predicted octanol–water partition coefficient (Wildman–Crippen LogP) is 11.4. The van der Waals surface area contributed by atoms with Crippen molar-refractivity contribution >= 4 is 6.98 Å². The van der Waals surface area contributed by atoms with Crippen molar-refractivity contribution in [2.75, 3.05) is 0 Å². The molecule has 0 radical (unpaired) electrons. The zero-order valence-electron chi connectivity index (χ0n) is 29.9. The summed E-state index contributed by atoms with van der Waals surface area (Å²) in [5.74, 6) is 0. The Hall–Kier alpha value is -2.32. The summed E-state index contributed by atoms with van der Waals surface area (Å²) in [5, 5.41) is 0. The molecular formula is C42H51F3Zr. The van der Waals surface area contributed by atoms with E-state index in [1.807, 2.05) is 6.07 Å². The molecule has 0 atom stereocenters. The molecule has 3 aromatic rings. The first-order chi connectivity index (χ1) is 21.0. The van der Waals surface area contributed by atoms with Crippen molar-refractivity contribution in [1.82, 2.24) is 0 Å². The molecule has 3 aromatic carbocycles. The molecule has 0 saturated carbocycles. The van der Waals surface area contributed by atoms with Gasteiger partial charge in [-0.05, 0) is 0 Å². The van der Waals surface area contributed by atoms with E-state index >= 15 is 0 Å². The first-order valence-corrected chi connectivity index (χ1v) is 20.5. The fourth-order valence-electron chi connectivity index (χ4n) is 7.23. The van der Waals surface area contributed by atoms with Crippen LogP contribution in [-0.2, 0) is 55.5 Å². The van der Waals surface area contributed by atoms with Crippen LogP contribution in [0.5, 0.6) is 0 Å². The zero-order valence-corrected chi connectivity index (χ0v) is 32.4. The Kier molecular flexibility index (Phi) is 8.89. The summed E-state index contributed by atoms with van der Waals surface area (Å²) in [6.07, 6.45) is 3.97. The molecule has 0 heterocycles. The number of hydrogen-bond acceptors (Lipinski definition) is 0. The number of alkyl halides is 3. The molecule has 0 N–H and O–H groups in total. The normalized spacial score (nSPS) is 15.7. The van der Waals surface area contributed by atoms with E-state index in [1.165, 1.54) is 63.2 Å². The molecule has 0 fully saturated rings. The van der Waals surface area contributed by atoms with E-state index in [-0.39, 0.29) is 21.7 Å². The summed E-state index contributed by atoms with van der Waals surface area (Å²) < 4.78 is 46.8. The Morgan fingerprint density at radius 2 is 1.26 bits per heavy atom. The number of rotatable bonds is 3. The SMILES string of the molecule is CC(C)(C)c1cc2c(cc1C(C)(C)C)-c1cc(C(C)(C)C)c(C(C)(C)C)[c](/[Zr](=[CH]\c3cccc(C(F)(F)F)c3)[C]3=CC=CC3)c1C2. The van der Waals surface area contributed by atoms with Crippen LogP contribution in [0.15, 0.2) is 64.0 Å². The fourth-order valence-corrected chi connectivity index (χ4v) is 14.9. The van der Waals surface area contributed by atoms with Crippen molar-refractivity contribution in [1.29, 1.82) is 0 Å². The van der Waals surface area contributed by atoms with Crippen molar-refractivity contribution in [2.24, 2.45) is 0 Å². The quantitative estimate of drug-likeness (QED) is 0.199. The van der Waals surface area contributed by atoms with Crippen LogP contribution in [0.1, 0.15) is 134 Å². The molecule has 0 aromatic heterocycles. The second-order valence-corrected chi connectivity index (χ2v) is 23.0. The van der Waals surface area contributed by atoms with E-state index in [4.69, 9.17) is 0 Å². The summed E-state index contributed by atoms with van der Waals surface area (Å²) in [6.45, 7) is 27.7. The number of halogens is 3. The average molecular weight is 704 g/mol. The Balaban J connectivity index is 1.92. The fraction of sp³-hybridized carbons (Fsp3) is 0.452. The van der Waals surface area contributed by atoms with Gasteiger partial charge in [0.05, 0.1) is 0 Å². The van der Waals surface area contributed by atoms with Crippen LogP contribution in [0.3, 0.4) is 0 Å². The molecule has 0 bridgehead atoms. The van der Waals surface area contributed by atoms with Crippen LogP contribution in [-0.4, -0.2) is 3.71 Å². The molecule has 0 aliphatic heterocycles. The molecule has 2 aliphatic carbocycles. The molecule has 4 heteroatoms. The first-order valence-electron chi connectivity index (χ1n) is 16.6. The van der Waals surface area contributed by atoms with Gasteiger partial charge in [-0.15, -0.1) is 0 Å². The van der Waals surface area contributed by atoms with E-state index in [1.54, 1.807) is 6.07 Å². The Labute approximate surface area is 283 Å². The molecule has 5 rings (SSSR count). The van der Waals surface area contributed by atoms with Crippen molar-refractivity contribution < 1.29 is 34.4 Å². The van der Waals surface area contributed by atoms with E-state index in [9.17, 15) is 13.2 Å². The van der Waals surface area contributed by atoms with Gasteiger partial charge in [-0.3, -0.25) is 0 Å². The number of benzene rings is 3. The van der Waals surface area contributed by atoms with Gasteiger partial charge in [-0.1, -0.05) is 0 Å². The van der Waals surface area contributed by atoms with Crippen LogP contribution in [0.2, 0.25) is 0 Å². The van der Waals surface area contributed by atoms with Gasteiger partial charge in [0.1, 0.15) is 0 Å². The second-order valence-electron chi connectivity index (χ2n) is 17.4. The van der Waals surface area contributed by atoms with Gasteiger partial charge in [0.15, 0.2) is 0 Å². The molecule has 0 spiro atoms. The van der Waals surface area contributed by atoms with Crippen LogP contribution < -0.4 is 3.27 Å². The maximum absolute atomic E-state index is 13.9. The monoisotopic (exact) mass is 702 g/mol. The first kappa shape index (κ1) is 35.0. The molecule has 244 valence electrons. The topological polar surface area (TPSA) is 0 Å². The number of fused-ring (bicyclic) bond motifs is 3. The molecule has 0 amide bonds. The third-order valence-electron chi connectivity index (χ3n) is 9.42. The van der Waals surface area contributed by atoms with Gasteiger partial charge in [-0.2, -0.15) is 0 Å². The Morgan fingerprint density at radius 3 is 1.78 bits per heavy atom. The maximum atomic E-state index is 13.9. The summed E-state index contributed by atoms with van der Waals surface area (Å²) in [4.78, 5) is 0. The molecule has 0 saturated heterocycles. The predicted molar refractivity (Wildman–Crippen MR) is 188 cm³/mol. The Morgan fingerprint density at radius 1 is 0.674 bits per heavy atom. The summed E-state index contributed by atoms with van der Waals surface area (Å²) in [6, 6.07) is 13.4. The average Bonchev–Trinajstić information content (AvgIpc) is 3.56. The van der Waals surface area contributed by atoms with Gasteiger partial charge >= 0.3 is 285 Å². The molecule has 0 nitrogen and oxygen atoms in total. The summed E-state index contributed by atoms with van der Waals surface area (Å²) in [5.41, 5.74) is 10.8. The van der Waals surface area contributed by atoms with Crippen LogP contribution in [0, 0.1) is 0 Å². The zero-order chi connectivity index (χ0) is 34.2. The van der Waals surface area contributed by atoms with Crippen molar-refractivity contribution in [3.05, 3.63) is 108 Å². The third-order valence-corrected chi connectivity index (χ3v) is 16.2. The van der Waals surface area contributed by atoms with Gasteiger partial charge in [0.25, 0.3) is 0 Å². The van der Waals surface area contributed by atoms with E-state index < -0.39 is 33.0 Å². The van der Waals surface area contributed by atoms with E-state index in [0.29, 0.717) is 5.56 Å². The molecule has 0 unspecified atom stereocenters. The van der Waals surface area contributed by atoms with Gasteiger partial charge in [0, 0.05) is 0 Å². The number of allylic oxidation sites excluding steroid dienone is 4. The van der Waals surface area contributed by atoms with Crippen LogP contribution in [0.4, 0.5) is 13.2 Å². The minimum absolute atomic E-state index is 0.000912. The van der Waals surface area contributed by atoms with Gasteiger partial charge in [-0.25, -0.2) is 0 Å². The Bertz CT molecular complexity index is 1780. The van der Waals surface area contributed by atoms with Crippen molar-refractivity contribution in [2.45, 2.75) is 124 Å². The third kappa shape index (κ3) is 6.81. The van der Waals surface area contributed by atoms with E-state index in [2.05, 4.69) is 123 Å². The van der Waals surface area contributed by atoms with Crippen molar-refractivity contribution in [3.8, 4) is 11.1 Å². The van der Waals surface area contributed by atoms with Crippen molar-refractivity contribution in [3.63, 3.8) is 0 Å². The van der Waals surface area contributed by atoms with Gasteiger partial charge < -0.3 is 0 Å². The minimum atomic E-state index is -4.37. The molecular weight excluding hydrogens is 653 g/mol. The van der Waals surface area contributed by atoms with Gasteiger partial charge in [0.2, 0.25) is 0 Å². The summed E-state index contributed by atoms with van der Waals surface area (Å²) >= 11 is -2.97. The van der Waals surface area contributed by atoms with E-state index in [0.717, 1.165) is 12.8 Å². The summed E-state index contributed by atoms with van der Waals surface area (Å²) in [7, 11) is 0. The number of hydrogen-bond donors (Lipinski definition) is 0. The standard InChI is InChI=1S/C29H41.C8H5F3.C5H5.Zr/c1-26(2,3)22-14-18-13-19-15-23(27(4,5)6)25(29(10,11)12)17-21(19)20(18)16-24(22)28(7,8)9;1-6-3-2-4-7(5-6)8(9,10)11;1-2-4-5-3-1;/h14,16-17H,13H2,1-12H3;1-5H;1-3H,4H2;. The van der Waals surface area contributed by atoms with Crippen LogP contribution >= 0.6 is 0 Å². The molecule has 2 aliphatic rings. The molecule has 46 heavy (non-hydrogen) atoms.